The summed E-state index contributed by atoms with van der Waals surface area (Å²) in [4.78, 5) is 13.8. The van der Waals surface area contributed by atoms with Crippen molar-refractivity contribution in [3.63, 3.8) is 0 Å². The monoisotopic (exact) mass is 260 g/mol. The quantitative estimate of drug-likeness (QED) is 0.793. The Balaban J connectivity index is 2.87. The van der Waals surface area contributed by atoms with Gasteiger partial charge in [-0.15, -0.1) is 0 Å². The van der Waals surface area contributed by atoms with E-state index in [0.29, 0.717) is 12.5 Å². The van der Waals surface area contributed by atoms with Crippen molar-refractivity contribution in [2.75, 3.05) is 31.7 Å². The van der Waals surface area contributed by atoms with E-state index in [9.17, 15) is 0 Å². The second-order valence-electron chi connectivity index (χ2n) is 3.46. The summed E-state index contributed by atoms with van der Waals surface area (Å²) < 4.78 is 4.93. The Morgan fingerprint density at radius 2 is 2.06 bits per heavy atom. The van der Waals surface area contributed by atoms with Crippen molar-refractivity contribution in [3.05, 3.63) is 5.28 Å². The number of aliphatic hydroxyl groups is 1. The number of aromatic nitrogens is 3. The number of hydrogen-bond acceptors (Lipinski definition) is 6. The van der Waals surface area contributed by atoms with Crippen molar-refractivity contribution >= 4 is 17.5 Å². The predicted octanol–water partition coefficient (Wildman–Crippen LogP) is 1.13. The third-order valence-electron chi connectivity index (χ3n) is 2.19. The summed E-state index contributed by atoms with van der Waals surface area (Å²) in [5, 5.41) is 9.11. The predicted molar refractivity (Wildman–Crippen MR) is 65.6 cm³/mol. The fourth-order valence-electron chi connectivity index (χ4n) is 1.34. The van der Waals surface area contributed by atoms with Gasteiger partial charge >= 0.3 is 6.01 Å². The van der Waals surface area contributed by atoms with Gasteiger partial charge in [-0.3, -0.25) is 0 Å². The number of anilines is 1. The normalized spacial score (nSPS) is 10.4. The maximum atomic E-state index is 9.02. The minimum atomic E-state index is 0.0370. The number of unbranched alkanes of at least 4 members (excludes halogenated alkanes) is 1. The minimum absolute atomic E-state index is 0.0370. The Hall–Kier alpha value is -1.14. The first kappa shape index (κ1) is 13.9. The molecule has 0 bridgehead atoms. The van der Waals surface area contributed by atoms with Crippen LogP contribution in [0.5, 0.6) is 6.01 Å². The molecule has 0 aliphatic carbocycles. The van der Waals surface area contributed by atoms with E-state index >= 15 is 0 Å². The lowest BCUT2D eigenvalue weighted by atomic mass is 10.3. The van der Waals surface area contributed by atoms with Crippen molar-refractivity contribution in [1.82, 2.24) is 15.0 Å². The average molecular weight is 261 g/mol. The fraction of sp³-hybridized carbons (Fsp3) is 0.700. The van der Waals surface area contributed by atoms with Gasteiger partial charge < -0.3 is 14.7 Å². The zero-order chi connectivity index (χ0) is 12.7. The number of nitrogens with zero attached hydrogens (tertiary/aromatic N) is 4. The zero-order valence-corrected chi connectivity index (χ0v) is 10.8. The first-order valence-corrected chi connectivity index (χ1v) is 5.90. The Bertz CT molecular complexity index is 351. The number of hydrogen-bond donors (Lipinski definition) is 1. The molecular weight excluding hydrogens is 244 g/mol. The van der Waals surface area contributed by atoms with Crippen LogP contribution >= 0.6 is 11.6 Å². The summed E-state index contributed by atoms with van der Waals surface area (Å²) in [6.45, 7) is 3.36. The molecule has 0 radical (unpaired) electrons. The SMILES string of the molecule is CCCCN(CCO)c1nc(Cl)nc(OC)n1. The molecule has 0 aromatic carbocycles. The molecule has 1 aromatic heterocycles. The topological polar surface area (TPSA) is 71.4 Å². The second-order valence-corrected chi connectivity index (χ2v) is 3.79. The van der Waals surface area contributed by atoms with Crippen LogP contribution < -0.4 is 9.64 Å². The van der Waals surface area contributed by atoms with Gasteiger partial charge in [0.2, 0.25) is 11.2 Å². The highest BCUT2D eigenvalue weighted by Gasteiger charge is 2.12. The number of ether oxygens (including phenoxy) is 1. The lowest BCUT2D eigenvalue weighted by Gasteiger charge is -2.21. The van der Waals surface area contributed by atoms with E-state index in [1.807, 2.05) is 4.90 Å². The molecule has 7 heteroatoms. The first-order chi connectivity index (χ1) is 8.21. The highest BCUT2D eigenvalue weighted by atomic mass is 35.5. The molecule has 1 N–H and O–H groups in total. The molecule has 0 unspecified atom stereocenters. The van der Waals surface area contributed by atoms with Crippen LogP contribution in [-0.2, 0) is 0 Å². The molecule has 0 aliphatic heterocycles. The van der Waals surface area contributed by atoms with E-state index in [2.05, 4.69) is 21.9 Å². The summed E-state index contributed by atoms with van der Waals surface area (Å²) in [5.74, 6) is 0.435. The number of rotatable bonds is 7. The lowest BCUT2D eigenvalue weighted by molar-refractivity contribution is 0.300. The molecule has 1 rings (SSSR count). The maximum absolute atomic E-state index is 9.02. The van der Waals surface area contributed by atoms with Crippen LogP contribution in [0.2, 0.25) is 5.28 Å². The lowest BCUT2D eigenvalue weighted by Crippen LogP contribution is -2.29. The molecule has 6 nitrogen and oxygen atoms in total. The summed E-state index contributed by atoms with van der Waals surface area (Å²) in [7, 11) is 1.47. The highest BCUT2D eigenvalue weighted by molar-refractivity contribution is 6.28. The van der Waals surface area contributed by atoms with Crippen LogP contribution in [-0.4, -0.2) is 46.9 Å². The van der Waals surface area contributed by atoms with Crippen molar-refractivity contribution < 1.29 is 9.84 Å². The molecule has 0 atom stereocenters. The fourth-order valence-corrected chi connectivity index (χ4v) is 1.48. The molecule has 0 aliphatic rings. The van der Waals surface area contributed by atoms with E-state index in [1.165, 1.54) is 7.11 Å². The van der Waals surface area contributed by atoms with Crippen molar-refractivity contribution in [2.24, 2.45) is 0 Å². The molecule has 0 saturated heterocycles. The van der Waals surface area contributed by atoms with E-state index in [0.717, 1.165) is 19.4 Å². The molecular formula is C10H17ClN4O2. The summed E-state index contributed by atoms with van der Waals surface area (Å²) >= 11 is 5.78. The van der Waals surface area contributed by atoms with Gasteiger partial charge in [0.05, 0.1) is 13.7 Å². The molecule has 0 spiro atoms. The Morgan fingerprint density at radius 1 is 1.29 bits per heavy atom. The van der Waals surface area contributed by atoms with Gasteiger partial charge in [-0.25, -0.2) is 0 Å². The summed E-state index contributed by atoms with van der Waals surface area (Å²) in [6.07, 6.45) is 2.05. The summed E-state index contributed by atoms with van der Waals surface area (Å²) in [5.41, 5.74) is 0. The Morgan fingerprint density at radius 3 is 2.65 bits per heavy atom. The van der Waals surface area contributed by atoms with Crippen LogP contribution in [0.1, 0.15) is 19.8 Å². The Labute approximate surface area is 106 Å². The average Bonchev–Trinajstić information content (AvgIpc) is 2.33. The van der Waals surface area contributed by atoms with Gasteiger partial charge in [0.1, 0.15) is 0 Å². The van der Waals surface area contributed by atoms with E-state index in [-0.39, 0.29) is 17.9 Å². The van der Waals surface area contributed by atoms with E-state index in [1.54, 1.807) is 0 Å². The van der Waals surface area contributed by atoms with Gasteiger partial charge in [0.25, 0.3) is 0 Å². The van der Waals surface area contributed by atoms with Crippen LogP contribution in [0, 0.1) is 0 Å². The van der Waals surface area contributed by atoms with Gasteiger partial charge in [-0.2, -0.15) is 15.0 Å². The van der Waals surface area contributed by atoms with Gasteiger partial charge in [0.15, 0.2) is 0 Å². The van der Waals surface area contributed by atoms with E-state index in [4.69, 9.17) is 21.4 Å². The van der Waals surface area contributed by atoms with E-state index < -0.39 is 0 Å². The largest absolute Gasteiger partial charge is 0.467 e. The second kappa shape index (κ2) is 7.24. The minimum Gasteiger partial charge on any atom is -0.467 e. The third kappa shape index (κ3) is 4.32. The smallest absolute Gasteiger partial charge is 0.322 e. The number of halogens is 1. The molecule has 0 saturated carbocycles. The number of methoxy groups -OCH3 is 1. The highest BCUT2D eigenvalue weighted by Crippen LogP contribution is 2.15. The Kier molecular flexibility index (Phi) is 5.93. The van der Waals surface area contributed by atoms with Crippen LogP contribution in [0.15, 0.2) is 0 Å². The molecule has 96 valence electrons. The molecule has 0 amide bonds. The van der Waals surface area contributed by atoms with Crippen molar-refractivity contribution in [2.45, 2.75) is 19.8 Å². The van der Waals surface area contributed by atoms with Crippen LogP contribution in [0.3, 0.4) is 0 Å². The molecule has 0 fully saturated rings. The zero-order valence-electron chi connectivity index (χ0n) is 10.1. The number of aliphatic hydroxyl groups excluding tert-OH is 1. The molecule has 17 heavy (non-hydrogen) atoms. The standard InChI is InChI=1S/C10H17ClN4O2/c1-3-4-5-15(6-7-16)9-12-8(11)13-10(14-9)17-2/h16H,3-7H2,1-2H3. The van der Waals surface area contributed by atoms with Gasteiger partial charge in [-0.1, -0.05) is 13.3 Å². The van der Waals surface area contributed by atoms with Crippen LogP contribution in [0.25, 0.3) is 0 Å². The summed E-state index contributed by atoms with van der Waals surface area (Å²) in [6, 6.07) is 0.180. The molecule has 1 aromatic rings. The van der Waals surface area contributed by atoms with Crippen molar-refractivity contribution in [1.29, 1.82) is 0 Å². The third-order valence-corrected chi connectivity index (χ3v) is 2.36. The molecule has 1 heterocycles. The maximum Gasteiger partial charge on any atom is 0.322 e. The van der Waals surface area contributed by atoms with Crippen LogP contribution in [0.4, 0.5) is 5.95 Å². The van der Waals surface area contributed by atoms with Gasteiger partial charge in [0, 0.05) is 13.1 Å². The first-order valence-electron chi connectivity index (χ1n) is 5.52. The van der Waals surface area contributed by atoms with Crippen molar-refractivity contribution in [3.8, 4) is 6.01 Å². The van der Waals surface area contributed by atoms with Gasteiger partial charge in [-0.05, 0) is 18.0 Å².